The number of hydrogen-bond donors (Lipinski definition) is 2. The Morgan fingerprint density at radius 2 is 2.12 bits per heavy atom. The summed E-state index contributed by atoms with van der Waals surface area (Å²) in [5, 5.41) is 2.53. The Labute approximate surface area is 184 Å². The van der Waals surface area contributed by atoms with E-state index in [1.54, 1.807) is 6.07 Å². The molecule has 9 nitrogen and oxygen atoms in total. The number of H-pyrrole nitrogens is 1. The summed E-state index contributed by atoms with van der Waals surface area (Å²) in [5.74, 6) is -1.27. The second kappa shape index (κ2) is 8.81. The number of methoxy groups -OCH3 is 1. The molecule has 1 amide bonds. The van der Waals surface area contributed by atoms with Crippen molar-refractivity contribution in [2.75, 3.05) is 7.11 Å². The molecule has 0 radical (unpaired) electrons. The number of alkyl halides is 3. The van der Waals surface area contributed by atoms with Crippen LogP contribution >= 0.6 is 0 Å². The summed E-state index contributed by atoms with van der Waals surface area (Å²) in [7, 11) is 1.19. The van der Waals surface area contributed by atoms with E-state index in [1.165, 1.54) is 49.0 Å². The third-order valence-corrected chi connectivity index (χ3v) is 4.90. The largest absolute Gasteiger partial charge is 0.472 e. The Hall–Kier alpha value is -4.09. The quantitative estimate of drug-likeness (QED) is 0.409. The number of furan rings is 1. The van der Waals surface area contributed by atoms with E-state index in [0.29, 0.717) is 11.3 Å². The van der Waals surface area contributed by atoms with Gasteiger partial charge in [-0.15, -0.1) is 0 Å². The van der Waals surface area contributed by atoms with Gasteiger partial charge in [-0.25, -0.2) is 14.8 Å². The molecule has 0 saturated heterocycles. The summed E-state index contributed by atoms with van der Waals surface area (Å²) in [4.78, 5) is 35.3. The van der Waals surface area contributed by atoms with Crippen LogP contribution in [0, 0.1) is 0 Å². The van der Waals surface area contributed by atoms with E-state index in [-0.39, 0.29) is 29.7 Å². The minimum Gasteiger partial charge on any atom is -0.472 e. The Balaban J connectivity index is 1.59. The average Bonchev–Trinajstić information content (AvgIpc) is 3.52. The Morgan fingerprint density at radius 1 is 1.30 bits per heavy atom. The van der Waals surface area contributed by atoms with Crippen molar-refractivity contribution in [2.45, 2.75) is 25.1 Å². The molecule has 0 fully saturated rings. The van der Waals surface area contributed by atoms with Crippen molar-refractivity contribution >= 4 is 17.5 Å². The summed E-state index contributed by atoms with van der Waals surface area (Å²) in [6.45, 7) is 0. The predicted octanol–water partition coefficient (Wildman–Crippen LogP) is 2.78. The number of amides is 1. The lowest BCUT2D eigenvalue weighted by Crippen LogP contribution is -2.43. The van der Waals surface area contributed by atoms with E-state index in [4.69, 9.17) is 9.15 Å². The van der Waals surface area contributed by atoms with Crippen LogP contribution in [0.1, 0.15) is 17.0 Å². The van der Waals surface area contributed by atoms with Gasteiger partial charge in [0, 0.05) is 41.8 Å². The first-order chi connectivity index (χ1) is 15.7. The molecule has 0 aliphatic carbocycles. The molecule has 1 atom stereocenters. The third kappa shape index (κ3) is 4.89. The fraction of sp³-hybridized carbons (Fsp3) is 0.238. The van der Waals surface area contributed by atoms with Crippen LogP contribution in [0.3, 0.4) is 0 Å². The Bertz CT molecular complexity index is 1260. The zero-order valence-electron chi connectivity index (χ0n) is 17.2. The van der Waals surface area contributed by atoms with Gasteiger partial charge in [-0.05, 0) is 12.1 Å². The van der Waals surface area contributed by atoms with Gasteiger partial charge in [-0.2, -0.15) is 13.2 Å². The standard InChI is InChI=1S/C21H18F3N5O4/c1-32-20(31)17(5-14-7-25-11-26-14)28-18(30)6-15-9-29-8-13(12-2-3-33-10-12)4-16(19(29)27-15)21(22,23)24/h2-4,7-11,17H,5-6H2,1H3,(H,25,26)(H,28,30). The van der Waals surface area contributed by atoms with Crippen LogP contribution in [0.2, 0.25) is 0 Å². The molecule has 0 aromatic carbocycles. The number of ether oxygens (including phenoxy) is 1. The fourth-order valence-corrected chi connectivity index (χ4v) is 3.39. The van der Waals surface area contributed by atoms with E-state index in [1.807, 2.05) is 0 Å². The highest BCUT2D eigenvalue weighted by atomic mass is 19.4. The molecule has 4 rings (SSSR count). The zero-order chi connectivity index (χ0) is 23.6. The summed E-state index contributed by atoms with van der Waals surface area (Å²) >= 11 is 0. The fourth-order valence-electron chi connectivity index (χ4n) is 3.39. The molecule has 0 saturated carbocycles. The number of aromatic amines is 1. The van der Waals surface area contributed by atoms with E-state index in [9.17, 15) is 22.8 Å². The molecule has 0 aliphatic heterocycles. The van der Waals surface area contributed by atoms with Gasteiger partial charge in [-0.1, -0.05) is 0 Å². The maximum absolute atomic E-state index is 13.7. The third-order valence-electron chi connectivity index (χ3n) is 4.90. The maximum Gasteiger partial charge on any atom is 0.420 e. The SMILES string of the molecule is COC(=O)C(Cc1cnc[nH]1)NC(=O)Cc1cn2cc(-c3ccoc3)cc(C(F)(F)F)c2n1. The van der Waals surface area contributed by atoms with Crippen molar-refractivity contribution in [3.63, 3.8) is 0 Å². The first-order valence-electron chi connectivity index (χ1n) is 9.70. The number of carbonyl (C=O) groups is 2. The molecule has 172 valence electrons. The number of hydrogen-bond acceptors (Lipinski definition) is 6. The molecule has 4 aromatic heterocycles. The van der Waals surface area contributed by atoms with Crippen LogP contribution in [0.5, 0.6) is 0 Å². The van der Waals surface area contributed by atoms with Crippen molar-refractivity contribution in [3.05, 3.63) is 66.5 Å². The first-order valence-corrected chi connectivity index (χ1v) is 9.70. The van der Waals surface area contributed by atoms with Gasteiger partial charge < -0.3 is 23.9 Å². The van der Waals surface area contributed by atoms with Crippen LogP contribution in [0.4, 0.5) is 13.2 Å². The van der Waals surface area contributed by atoms with Crippen LogP contribution < -0.4 is 5.32 Å². The second-order valence-corrected chi connectivity index (χ2v) is 7.22. The highest BCUT2D eigenvalue weighted by molar-refractivity contribution is 5.85. The molecule has 33 heavy (non-hydrogen) atoms. The molecule has 12 heteroatoms. The molecular weight excluding hydrogens is 443 g/mol. The van der Waals surface area contributed by atoms with Crippen LogP contribution in [0.25, 0.3) is 16.8 Å². The lowest BCUT2D eigenvalue weighted by atomic mass is 10.1. The zero-order valence-corrected chi connectivity index (χ0v) is 17.2. The summed E-state index contributed by atoms with van der Waals surface area (Å²) in [6.07, 6.45) is 3.54. The molecule has 0 bridgehead atoms. The summed E-state index contributed by atoms with van der Waals surface area (Å²) in [5.41, 5.74) is 0.170. The molecule has 0 spiro atoms. The summed E-state index contributed by atoms with van der Waals surface area (Å²) in [6, 6.07) is 1.52. The van der Waals surface area contributed by atoms with Crippen LogP contribution in [0.15, 0.2) is 54.0 Å². The van der Waals surface area contributed by atoms with Gasteiger partial charge in [0.1, 0.15) is 11.7 Å². The molecular formula is C21H18F3N5O4. The number of pyridine rings is 1. The van der Waals surface area contributed by atoms with Crippen LogP contribution in [-0.2, 0) is 33.3 Å². The minimum absolute atomic E-state index is 0.104. The van der Waals surface area contributed by atoms with Gasteiger partial charge in [-0.3, -0.25) is 4.79 Å². The highest BCUT2D eigenvalue weighted by Gasteiger charge is 2.35. The van der Waals surface area contributed by atoms with Crippen molar-refractivity contribution in [1.82, 2.24) is 24.7 Å². The van der Waals surface area contributed by atoms with Crippen LogP contribution in [-0.4, -0.2) is 44.4 Å². The lowest BCUT2D eigenvalue weighted by Gasteiger charge is -2.15. The maximum atomic E-state index is 13.7. The number of rotatable bonds is 7. The molecule has 1 unspecified atom stereocenters. The summed E-state index contributed by atoms with van der Waals surface area (Å²) < 4.78 is 51.9. The number of nitrogens with zero attached hydrogens (tertiary/aromatic N) is 3. The van der Waals surface area contributed by atoms with E-state index < -0.39 is 29.7 Å². The van der Waals surface area contributed by atoms with Gasteiger partial charge in [0.2, 0.25) is 5.91 Å². The topological polar surface area (TPSA) is 115 Å². The molecule has 4 heterocycles. The number of halogens is 3. The van der Waals surface area contributed by atoms with E-state index in [2.05, 4.69) is 20.3 Å². The number of imidazole rings is 2. The average molecular weight is 461 g/mol. The van der Waals surface area contributed by atoms with Crippen molar-refractivity contribution in [3.8, 4) is 11.1 Å². The second-order valence-electron chi connectivity index (χ2n) is 7.22. The van der Waals surface area contributed by atoms with Gasteiger partial charge in [0.15, 0.2) is 0 Å². The Morgan fingerprint density at radius 3 is 2.76 bits per heavy atom. The number of nitrogens with one attached hydrogen (secondary N) is 2. The highest BCUT2D eigenvalue weighted by Crippen LogP contribution is 2.35. The number of aromatic nitrogens is 4. The van der Waals surface area contributed by atoms with Crippen molar-refractivity contribution in [2.24, 2.45) is 0 Å². The van der Waals surface area contributed by atoms with E-state index >= 15 is 0 Å². The lowest BCUT2D eigenvalue weighted by molar-refractivity contribution is -0.145. The van der Waals surface area contributed by atoms with Crippen molar-refractivity contribution < 1.29 is 31.9 Å². The van der Waals surface area contributed by atoms with E-state index in [0.717, 1.165) is 6.07 Å². The van der Waals surface area contributed by atoms with Gasteiger partial charge >= 0.3 is 12.1 Å². The normalized spacial score (nSPS) is 12.6. The minimum atomic E-state index is -4.66. The van der Waals surface area contributed by atoms with Gasteiger partial charge in [0.25, 0.3) is 0 Å². The number of carbonyl (C=O) groups excluding carboxylic acids is 2. The smallest absolute Gasteiger partial charge is 0.420 e. The predicted molar refractivity (Wildman–Crippen MR) is 108 cm³/mol. The van der Waals surface area contributed by atoms with Gasteiger partial charge in [0.05, 0.1) is 43.6 Å². The number of esters is 1. The first kappa shape index (κ1) is 22.1. The van der Waals surface area contributed by atoms with Crippen molar-refractivity contribution in [1.29, 1.82) is 0 Å². The molecule has 4 aromatic rings. The molecule has 2 N–H and O–H groups in total. The number of fused-ring (bicyclic) bond motifs is 1. The Kier molecular flexibility index (Phi) is 5.90. The monoisotopic (exact) mass is 461 g/mol. The molecule has 0 aliphatic rings.